The molecular formula is C11H18N2O3. The van der Waals surface area contributed by atoms with Crippen LogP contribution in [-0.4, -0.2) is 59.5 Å². The minimum Gasteiger partial charge on any atom is -0.396 e. The molecule has 2 aliphatic heterocycles. The number of carbonyl (C=O) groups is 2. The van der Waals surface area contributed by atoms with Crippen LogP contribution in [0.3, 0.4) is 0 Å². The number of aliphatic hydroxyl groups is 1. The molecule has 2 aliphatic rings. The molecule has 0 aromatic rings. The first-order chi connectivity index (χ1) is 7.65. The number of likely N-dealkylation sites (tertiary alicyclic amines) is 2. The zero-order valence-electron chi connectivity index (χ0n) is 9.56. The fourth-order valence-corrected chi connectivity index (χ4v) is 2.37. The van der Waals surface area contributed by atoms with Crippen LogP contribution in [0.15, 0.2) is 0 Å². The van der Waals surface area contributed by atoms with Gasteiger partial charge in [0.05, 0.1) is 5.92 Å². The van der Waals surface area contributed by atoms with Crippen LogP contribution in [0.1, 0.15) is 13.3 Å². The second-order valence-electron chi connectivity index (χ2n) is 4.63. The van der Waals surface area contributed by atoms with Crippen LogP contribution < -0.4 is 0 Å². The quantitative estimate of drug-likeness (QED) is 0.692. The number of carbonyl (C=O) groups excluding carboxylic acids is 2. The summed E-state index contributed by atoms with van der Waals surface area (Å²) in [7, 11) is 0. The Morgan fingerprint density at radius 2 is 2.12 bits per heavy atom. The van der Waals surface area contributed by atoms with Crippen molar-refractivity contribution in [3.8, 4) is 0 Å². The van der Waals surface area contributed by atoms with Crippen molar-refractivity contribution in [2.24, 2.45) is 11.8 Å². The van der Waals surface area contributed by atoms with E-state index in [9.17, 15) is 9.59 Å². The Morgan fingerprint density at radius 1 is 1.44 bits per heavy atom. The fourth-order valence-electron chi connectivity index (χ4n) is 2.37. The Morgan fingerprint density at radius 3 is 2.62 bits per heavy atom. The maximum atomic E-state index is 12.0. The van der Waals surface area contributed by atoms with E-state index in [1.807, 2.05) is 6.92 Å². The molecule has 0 saturated carbocycles. The average Bonchev–Trinajstić information content (AvgIpc) is 2.58. The second-order valence-corrected chi connectivity index (χ2v) is 4.63. The summed E-state index contributed by atoms with van der Waals surface area (Å²) in [6.07, 6.45) is 0.354. The van der Waals surface area contributed by atoms with Gasteiger partial charge in [-0.25, -0.2) is 0 Å². The first kappa shape index (κ1) is 11.4. The highest BCUT2D eigenvalue weighted by Gasteiger charge is 2.39. The van der Waals surface area contributed by atoms with Gasteiger partial charge in [-0.1, -0.05) is 0 Å². The van der Waals surface area contributed by atoms with Gasteiger partial charge in [-0.2, -0.15) is 0 Å². The van der Waals surface area contributed by atoms with E-state index in [1.165, 1.54) is 0 Å². The van der Waals surface area contributed by atoms with Crippen molar-refractivity contribution in [1.82, 2.24) is 9.80 Å². The van der Waals surface area contributed by atoms with Gasteiger partial charge >= 0.3 is 0 Å². The van der Waals surface area contributed by atoms with E-state index in [1.54, 1.807) is 9.80 Å². The van der Waals surface area contributed by atoms with Crippen LogP contribution in [0.5, 0.6) is 0 Å². The molecule has 2 saturated heterocycles. The summed E-state index contributed by atoms with van der Waals surface area (Å²) in [5.41, 5.74) is 0. The van der Waals surface area contributed by atoms with Crippen molar-refractivity contribution in [1.29, 1.82) is 0 Å². The molecule has 16 heavy (non-hydrogen) atoms. The molecule has 0 aromatic carbocycles. The van der Waals surface area contributed by atoms with E-state index in [2.05, 4.69) is 0 Å². The summed E-state index contributed by atoms with van der Waals surface area (Å²) >= 11 is 0. The molecule has 0 bridgehead atoms. The highest BCUT2D eigenvalue weighted by Crippen LogP contribution is 2.24. The maximum Gasteiger partial charge on any atom is 0.228 e. The summed E-state index contributed by atoms with van der Waals surface area (Å²) in [5.74, 6) is 0.240. The lowest BCUT2D eigenvalue weighted by Crippen LogP contribution is -2.53. The summed E-state index contributed by atoms with van der Waals surface area (Å²) in [5, 5.41) is 8.87. The SMILES string of the molecule is CCN1CC(C(=O)N2CC(CO)C2)CC1=O. The smallest absolute Gasteiger partial charge is 0.228 e. The van der Waals surface area contributed by atoms with E-state index in [0.717, 1.165) is 0 Å². The zero-order chi connectivity index (χ0) is 11.7. The number of aliphatic hydroxyl groups excluding tert-OH is 1. The van der Waals surface area contributed by atoms with Gasteiger partial charge in [0.2, 0.25) is 11.8 Å². The zero-order valence-corrected chi connectivity index (χ0v) is 9.56. The van der Waals surface area contributed by atoms with Gasteiger partial charge in [-0.05, 0) is 6.92 Å². The number of nitrogens with zero attached hydrogens (tertiary/aromatic N) is 2. The average molecular weight is 226 g/mol. The first-order valence-corrected chi connectivity index (χ1v) is 5.83. The predicted octanol–water partition coefficient (Wildman–Crippen LogP) is -0.694. The Balaban J connectivity index is 1.86. The summed E-state index contributed by atoms with van der Waals surface area (Å²) in [4.78, 5) is 26.9. The lowest BCUT2D eigenvalue weighted by Gasteiger charge is -2.39. The molecule has 0 aliphatic carbocycles. The molecule has 1 atom stereocenters. The Bertz CT molecular complexity index is 300. The lowest BCUT2D eigenvalue weighted by molar-refractivity contribution is -0.142. The molecule has 5 heteroatoms. The summed E-state index contributed by atoms with van der Waals surface area (Å²) < 4.78 is 0. The minimum absolute atomic E-state index is 0.0778. The standard InChI is InChI=1S/C11H18N2O3/c1-2-12-6-9(3-10(12)15)11(16)13-4-8(5-13)7-14/h8-9,14H,2-7H2,1H3. The third-order valence-electron chi connectivity index (χ3n) is 3.47. The maximum absolute atomic E-state index is 12.0. The molecule has 0 spiro atoms. The van der Waals surface area contributed by atoms with Crippen molar-refractivity contribution in [3.05, 3.63) is 0 Å². The van der Waals surface area contributed by atoms with Gasteiger partial charge in [-0.3, -0.25) is 9.59 Å². The van der Waals surface area contributed by atoms with Crippen molar-refractivity contribution < 1.29 is 14.7 Å². The normalized spacial score (nSPS) is 26.1. The van der Waals surface area contributed by atoms with Crippen molar-refractivity contribution in [3.63, 3.8) is 0 Å². The Labute approximate surface area is 95.0 Å². The van der Waals surface area contributed by atoms with Gasteiger partial charge in [0, 0.05) is 45.1 Å². The van der Waals surface area contributed by atoms with Gasteiger partial charge in [0.25, 0.3) is 0 Å². The topological polar surface area (TPSA) is 60.9 Å². The van der Waals surface area contributed by atoms with Crippen LogP contribution in [0, 0.1) is 11.8 Å². The van der Waals surface area contributed by atoms with E-state index in [-0.39, 0.29) is 30.3 Å². The van der Waals surface area contributed by atoms with E-state index in [4.69, 9.17) is 5.11 Å². The molecule has 2 rings (SSSR count). The van der Waals surface area contributed by atoms with Gasteiger partial charge < -0.3 is 14.9 Å². The molecule has 0 aromatic heterocycles. The third kappa shape index (κ3) is 1.91. The van der Waals surface area contributed by atoms with E-state index >= 15 is 0 Å². The lowest BCUT2D eigenvalue weighted by atomic mass is 9.97. The Kier molecular flexibility index (Phi) is 3.14. The molecule has 1 N–H and O–H groups in total. The predicted molar refractivity (Wildman–Crippen MR) is 57.5 cm³/mol. The van der Waals surface area contributed by atoms with Crippen molar-refractivity contribution >= 4 is 11.8 Å². The second kappa shape index (κ2) is 4.41. The van der Waals surface area contributed by atoms with E-state index in [0.29, 0.717) is 32.6 Å². The van der Waals surface area contributed by atoms with Crippen LogP contribution in [0.25, 0.3) is 0 Å². The summed E-state index contributed by atoms with van der Waals surface area (Å²) in [6.45, 7) is 4.61. The first-order valence-electron chi connectivity index (χ1n) is 5.83. The fraction of sp³-hybridized carbons (Fsp3) is 0.818. The van der Waals surface area contributed by atoms with Crippen molar-refractivity contribution in [2.75, 3.05) is 32.8 Å². The highest BCUT2D eigenvalue weighted by atomic mass is 16.3. The highest BCUT2D eigenvalue weighted by molar-refractivity contribution is 5.89. The minimum atomic E-state index is -0.160. The molecule has 1 unspecified atom stereocenters. The van der Waals surface area contributed by atoms with Crippen LogP contribution in [0.2, 0.25) is 0 Å². The number of amides is 2. The molecule has 5 nitrogen and oxygen atoms in total. The van der Waals surface area contributed by atoms with Crippen LogP contribution in [-0.2, 0) is 9.59 Å². The number of hydrogen-bond donors (Lipinski definition) is 1. The third-order valence-corrected chi connectivity index (χ3v) is 3.47. The molecular weight excluding hydrogens is 208 g/mol. The van der Waals surface area contributed by atoms with Crippen LogP contribution in [0.4, 0.5) is 0 Å². The van der Waals surface area contributed by atoms with Gasteiger partial charge in [-0.15, -0.1) is 0 Å². The molecule has 2 fully saturated rings. The molecule has 2 heterocycles. The largest absolute Gasteiger partial charge is 0.396 e. The number of hydrogen-bond acceptors (Lipinski definition) is 3. The van der Waals surface area contributed by atoms with Gasteiger partial charge in [0.15, 0.2) is 0 Å². The Hall–Kier alpha value is -1.10. The number of rotatable bonds is 3. The molecule has 90 valence electrons. The van der Waals surface area contributed by atoms with Gasteiger partial charge in [0.1, 0.15) is 0 Å². The molecule has 2 amide bonds. The van der Waals surface area contributed by atoms with Crippen LogP contribution >= 0.6 is 0 Å². The summed E-state index contributed by atoms with van der Waals surface area (Å²) in [6, 6.07) is 0. The molecule has 0 radical (unpaired) electrons. The van der Waals surface area contributed by atoms with E-state index < -0.39 is 0 Å². The monoisotopic (exact) mass is 226 g/mol. The van der Waals surface area contributed by atoms with Crippen molar-refractivity contribution in [2.45, 2.75) is 13.3 Å².